The average Bonchev–Trinajstić information content (AvgIpc) is 2.75. The summed E-state index contributed by atoms with van der Waals surface area (Å²) in [7, 11) is 0. The Morgan fingerprint density at radius 3 is 2.84 bits per heavy atom. The maximum Gasteiger partial charge on any atom is 0.260 e. The number of aryl methyl sites for hydroxylation is 1. The minimum Gasteiger partial charge on any atom is -0.439 e. The minimum absolute atomic E-state index is 0.431. The lowest BCUT2D eigenvalue weighted by atomic mass is 10.2. The van der Waals surface area contributed by atoms with Gasteiger partial charge < -0.3 is 9.73 Å². The molecule has 0 spiro atoms. The highest BCUT2D eigenvalue weighted by atomic mass is 35.5. The monoisotopic (exact) mass is 296 g/mol. The van der Waals surface area contributed by atoms with E-state index in [1.165, 1.54) is 11.8 Å². The molecule has 19 heavy (non-hydrogen) atoms. The van der Waals surface area contributed by atoms with Crippen LogP contribution in [0.4, 0.5) is 0 Å². The van der Waals surface area contributed by atoms with Crippen molar-refractivity contribution in [2.24, 2.45) is 0 Å². The number of nitrogens with one attached hydrogen (secondary N) is 1. The molecular weight excluding hydrogens is 280 g/mol. The fourth-order valence-corrected chi connectivity index (χ4v) is 2.64. The van der Waals surface area contributed by atoms with Gasteiger partial charge >= 0.3 is 0 Å². The van der Waals surface area contributed by atoms with Gasteiger partial charge in [-0.3, -0.25) is 0 Å². The molecule has 0 saturated carbocycles. The highest BCUT2D eigenvalue weighted by Crippen LogP contribution is 2.31. The van der Waals surface area contributed by atoms with Gasteiger partial charge in [0.2, 0.25) is 0 Å². The van der Waals surface area contributed by atoms with Crippen molar-refractivity contribution in [3.05, 3.63) is 40.7 Å². The Morgan fingerprint density at radius 1 is 1.42 bits per heavy atom. The predicted molar refractivity (Wildman–Crippen MR) is 78.8 cm³/mol. The van der Waals surface area contributed by atoms with Crippen molar-refractivity contribution in [2.75, 3.05) is 0 Å². The van der Waals surface area contributed by atoms with Crippen LogP contribution in [0.1, 0.15) is 25.1 Å². The van der Waals surface area contributed by atoms with Crippen molar-refractivity contribution in [1.82, 2.24) is 10.3 Å². The van der Waals surface area contributed by atoms with Crippen LogP contribution in [0.5, 0.6) is 0 Å². The van der Waals surface area contributed by atoms with Gasteiger partial charge in [-0.05, 0) is 42.4 Å². The zero-order valence-corrected chi connectivity index (χ0v) is 12.8. The van der Waals surface area contributed by atoms with E-state index in [1.54, 1.807) is 6.26 Å². The summed E-state index contributed by atoms with van der Waals surface area (Å²) < 4.78 is 5.38. The molecule has 0 radical (unpaired) electrons. The van der Waals surface area contributed by atoms with Gasteiger partial charge in [0.15, 0.2) is 0 Å². The molecule has 5 heteroatoms. The van der Waals surface area contributed by atoms with Crippen LogP contribution in [-0.2, 0) is 6.54 Å². The zero-order valence-electron chi connectivity index (χ0n) is 11.2. The number of halogens is 1. The molecule has 0 saturated heterocycles. The number of hydrogen-bond donors (Lipinski definition) is 1. The Kier molecular flexibility index (Phi) is 4.91. The van der Waals surface area contributed by atoms with Crippen LogP contribution in [-0.4, -0.2) is 11.0 Å². The van der Waals surface area contributed by atoms with Gasteiger partial charge in [0.05, 0.1) is 5.69 Å². The fraction of sp³-hybridized carbons (Fsp3) is 0.357. The summed E-state index contributed by atoms with van der Waals surface area (Å²) in [6.07, 6.45) is 1.66. The van der Waals surface area contributed by atoms with Crippen molar-refractivity contribution in [3.63, 3.8) is 0 Å². The average molecular weight is 297 g/mol. The Bertz CT molecular complexity index is 554. The van der Waals surface area contributed by atoms with E-state index < -0.39 is 0 Å². The lowest BCUT2D eigenvalue weighted by molar-refractivity contribution is 0.454. The van der Waals surface area contributed by atoms with Crippen molar-refractivity contribution in [1.29, 1.82) is 0 Å². The van der Waals surface area contributed by atoms with E-state index in [-0.39, 0.29) is 0 Å². The Labute approximate surface area is 122 Å². The molecule has 0 aliphatic rings. The SMILES string of the molecule is Cc1coc(Sc2ccc(Cl)cc2CNC(C)C)n1. The first-order valence-corrected chi connectivity index (χ1v) is 7.36. The highest BCUT2D eigenvalue weighted by Gasteiger charge is 2.09. The molecule has 102 valence electrons. The number of benzene rings is 1. The van der Waals surface area contributed by atoms with Crippen LogP contribution in [0, 0.1) is 6.92 Å². The third kappa shape index (κ3) is 4.27. The second kappa shape index (κ2) is 6.46. The van der Waals surface area contributed by atoms with Gasteiger partial charge in [-0.2, -0.15) is 0 Å². The van der Waals surface area contributed by atoms with E-state index in [1.807, 2.05) is 25.1 Å². The van der Waals surface area contributed by atoms with Crippen molar-refractivity contribution in [2.45, 2.75) is 43.5 Å². The third-order valence-corrected chi connectivity index (χ3v) is 3.73. The summed E-state index contributed by atoms with van der Waals surface area (Å²) in [5.41, 5.74) is 2.04. The van der Waals surface area contributed by atoms with Crippen LogP contribution in [0.15, 0.2) is 39.0 Å². The smallest absolute Gasteiger partial charge is 0.260 e. The molecule has 1 N–H and O–H groups in total. The maximum atomic E-state index is 6.06. The molecule has 2 rings (SSSR count). The minimum atomic E-state index is 0.431. The van der Waals surface area contributed by atoms with Crippen molar-refractivity contribution >= 4 is 23.4 Å². The third-order valence-electron chi connectivity index (χ3n) is 2.52. The normalized spacial score (nSPS) is 11.2. The topological polar surface area (TPSA) is 38.1 Å². The van der Waals surface area contributed by atoms with Crippen LogP contribution in [0.3, 0.4) is 0 Å². The zero-order chi connectivity index (χ0) is 13.8. The second-order valence-corrected chi connectivity index (χ2v) is 6.07. The van der Waals surface area contributed by atoms with Gasteiger partial charge in [0, 0.05) is 22.5 Å². The summed E-state index contributed by atoms with van der Waals surface area (Å²) in [5.74, 6) is 0. The largest absolute Gasteiger partial charge is 0.439 e. The molecule has 0 unspecified atom stereocenters. The van der Waals surface area contributed by atoms with E-state index in [9.17, 15) is 0 Å². The van der Waals surface area contributed by atoms with Gasteiger partial charge in [-0.15, -0.1) is 0 Å². The Balaban J connectivity index is 2.18. The molecule has 1 aromatic carbocycles. The molecule has 3 nitrogen and oxygen atoms in total. The second-order valence-electron chi connectivity index (χ2n) is 4.64. The molecule has 2 aromatic rings. The van der Waals surface area contributed by atoms with Crippen LogP contribution >= 0.6 is 23.4 Å². The van der Waals surface area contributed by atoms with E-state index in [0.29, 0.717) is 11.3 Å². The molecule has 0 fully saturated rings. The fourth-order valence-electron chi connectivity index (χ4n) is 1.57. The van der Waals surface area contributed by atoms with E-state index >= 15 is 0 Å². The van der Waals surface area contributed by atoms with Crippen LogP contribution in [0.25, 0.3) is 0 Å². The first-order valence-electron chi connectivity index (χ1n) is 6.16. The van der Waals surface area contributed by atoms with E-state index in [0.717, 1.165) is 27.7 Å². The summed E-state index contributed by atoms with van der Waals surface area (Å²) in [4.78, 5) is 5.42. The number of hydrogen-bond acceptors (Lipinski definition) is 4. The summed E-state index contributed by atoms with van der Waals surface area (Å²) in [6.45, 7) is 6.93. The molecule has 1 aromatic heterocycles. The lowest BCUT2D eigenvalue weighted by Crippen LogP contribution is -2.22. The van der Waals surface area contributed by atoms with Crippen LogP contribution < -0.4 is 5.32 Å². The molecule has 0 amide bonds. The highest BCUT2D eigenvalue weighted by molar-refractivity contribution is 7.99. The molecule has 1 heterocycles. The van der Waals surface area contributed by atoms with Gasteiger partial charge in [0.1, 0.15) is 6.26 Å². The molecule has 0 bridgehead atoms. The summed E-state index contributed by atoms with van der Waals surface area (Å²) >= 11 is 7.58. The van der Waals surface area contributed by atoms with Crippen LogP contribution in [0.2, 0.25) is 5.02 Å². The molecule has 0 atom stereocenters. The lowest BCUT2D eigenvalue weighted by Gasteiger charge is -2.11. The first-order chi connectivity index (χ1) is 9.04. The van der Waals surface area contributed by atoms with E-state index in [2.05, 4.69) is 24.1 Å². The Morgan fingerprint density at radius 2 is 2.21 bits per heavy atom. The number of oxazole rings is 1. The number of nitrogens with zero attached hydrogens (tertiary/aromatic N) is 1. The number of aromatic nitrogens is 1. The van der Waals surface area contributed by atoms with E-state index in [4.69, 9.17) is 16.0 Å². The van der Waals surface area contributed by atoms with Gasteiger partial charge in [-0.1, -0.05) is 25.4 Å². The molecular formula is C14H17ClN2OS. The number of rotatable bonds is 5. The van der Waals surface area contributed by atoms with Gasteiger partial charge in [0.25, 0.3) is 5.22 Å². The molecule has 0 aliphatic heterocycles. The van der Waals surface area contributed by atoms with Crippen molar-refractivity contribution in [3.8, 4) is 0 Å². The quantitative estimate of drug-likeness (QED) is 0.893. The first kappa shape index (κ1) is 14.4. The predicted octanol–water partition coefficient (Wildman–Crippen LogP) is 4.29. The summed E-state index contributed by atoms with van der Waals surface area (Å²) in [5, 5.41) is 4.80. The molecule has 0 aliphatic carbocycles. The maximum absolute atomic E-state index is 6.06. The Hall–Kier alpha value is -0.970. The van der Waals surface area contributed by atoms with Gasteiger partial charge in [-0.25, -0.2) is 4.98 Å². The summed E-state index contributed by atoms with van der Waals surface area (Å²) in [6, 6.07) is 6.30. The standard InChI is InChI=1S/C14H17ClN2OS/c1-9(2)16-7-11-6-12(15)4-5-13(11)19-14-17-10(3)8-18-14/h4-6,8-9,16H,7H2,1-3H3. The van der Waals surface area contributed by atoms with Crippen molar-refractivity contribution < 1.29 is 4.42 Å².